The van der Waals surface area contributed by atoms with Crippen molar-refractivity contribution in [3.05, 3.63) is 0 Å². The number of nitrogens with one attached hydrogen (secondary N) is 1. The molecule has 2 saturated heterocycles. The fraction of sp³-hybridized carbons (Fsp3) is 0.769. The van der Waals surface area contributed by atoms with Crippen molar-refractivity contribution in [2.24, 2.45) is 0 Å². The number of piperazine rings is 2. The maximum absolute atomic E-state index is 12.1. The number of carbonyl (C=O) groups excluding carboxylic acids is 3. The fourth-order valence-electron chi connectivity index (χ4n) is 2.70. The molecule has 7 nitrogen and oxygen atoms in total. The van der Waals surface area contributed by atoms with Gasteiger partial charge < -0.3 is 15.1 Å². The smallest absolute Gasteiger partial charge is 0.241 e. The normalized spacial score (nSPS) is 23.5. The van der Waals surface area contributed by atoms with Crippen LogP contribution in [0.4, 0.5) is 0 Å². The van der Waals surface area contributed by atoms with E-state index in [4.69, 9.17) is 0 Å². The highest BCUT2D eigenvalue weighted by atomic mass is 16.2. The highest BCUT2D eigenvalue weighted by molar-refractivity contribution is 5.86. The standard InChI is InChI=1S/C13H22N4O3/c1-14-11(18)3-4-12(19)17-8-7-16-6-5-15(2)13(20)10(16)9-17/h10H,3-9H2,1-2H3,(H,14,18)/t10-/m0/s1. The van der Waals surface area contributed by atoms with Gasteiger partial charge in [-0.15, -0.1) is 0 Å². The molecule has 0 aromatic heterocycles. The van der Waals surface area contributed by atoms with Gasteiger partial charge in [-0.2, -0.15) is 0 Å². The molecule has 0 radical (unpaired) electrons. The summed E-state index contributed by atoms with van der Waals surface area (Å²) in [5.74, 6) is -0.0974. The van der Waals surface area contributed by atoms with Crippen LogP contribution in [0.1, 0.15) is 12.8 Å². The molecule has 0 aromatic carbocycles. The molecule has 2 aliphatic rings. The highest BCUT2D eigenvalue weighted by Crippen LogP contribution is 2.16. The van der Waals surface area contributed by atoms with Crippen LogP contribution in [-0.2, 0) is 14.4 Å². The SMILES string of the molecule is CNC(=O)CCC(=O)N1CCN2CCN(C)C(=O)[C@@H]2C1. The van der Waals surface area contributed by atoms with Gasteiger partial charge in [0.15, 0.2) is 0 Å². The average Bonchev–Trinajstić information content (AvgIpc) is 2.48. The molecule has 2 aliphatic heterocycles. The van der Waals surface area contributed by atoms with E-state index in [1.165, 1.54) is 0 Å². The van der Waals surface area contributed by atoms with Crippen LogP contribution < -0.4 is 5.32 Å². The third-order valence-corrected chi connectivity index (χ3v) is 4.07. The molecule has 0 bridgehead atoms. The van der Waals surface area contributed by atoms with Crippen LogP contribution in [0.5, 0.6) is 0 Å². The van der Waals surface area contributed by atoms with Crippen molar-refractivity contribution in [2.75, 3.05) is 46.8 Å². The minimum Gasteiger partial charge on any atom is -0.359 e. The van der Waals surface area contributed by atoms with E-state index in [0.29, 0.717) is 13.1 Å². The Morgan fingerprint density at radius 3 is 2.60 bits per heavy atom. The van der Waals surface area contributed by atoms with Crippen LogP contribution in [0.25, 0.3) is 0 Å². The van der Waals surface area contributed by atoms with Crippen LogP contribution in [0.2, 0.25) is 0 Å². The minimum atomic E-state index is -0.216. The number of rotatable bonds is 3. The summed E-state index contributed by atoms with van der Waals surface area (Å²) in [5, 5.41) is 2.50. The van der Waals surface area contributed by atoms with Gasteiger partial charge in [0.1, 0.15) is 6.04 Å². The molecular formula is C13H22N4O3. The Balaban J connectivity index is 1.90. The number of fused-ring (bicyclic) bond motifs is 1. The van der Waals surface area contributed by atoms with Gasteiger partial charge in [-0.1, -0.05) is 0 Å². The first kappa shape index (κ1) is 14.8. The highest BCUT2D eigenvalue weighted by Gasteiger charge is 2.38. The Bertz CT molecular complexity index is 412. The van der Waals surface area contributed by atoms with E-state index in [1.807, 2.05) is 0 Å². The zero-order valence-electron chi connectivity index (χ0n) is 12.1. The molecule has 0 saturated carbocycles. The first-order valence-corrected chi connectivity index (χ1v) is 7.00. The van der Waals surface area contributed by atoms with Crippen molar-refractivity contribution in [1.29, 1.82) is 0 Å². The van der Waals surface area contributed by atoms with Gasteiger partial charge in [-0.3, -0.25) is 19.3 Å². The van der Waals surface area contributed by atoms with E-state index < -0.39 is 0 Å². The summed E-state index contributed by atoms with van der Waals surface area (Å²) in [6.45, 7) is 3.43. The van der Waals surface area contributed by atoms with Crippen molar-refractivity contribution in [3.8, 4) is 0 Å². The molecule has 3 amide bonds. The van der Waals surface area contributed by atoms with Crippen molar-refractivity contribution in [1.82, 2.24) is 20.0 Å². The largest absolute Gasteiger partial charge is 0.359 e. The fourth-order valence-corrected chi connectivity index (χ4v) is 2.70. The Morgan fingerprint density at radius 2 is 1.90 bits per heavy atom. The summed E-state index contributed by atoms with van der Waals surface area (Å²) >= 11 is 0. The van der Waals surface area contributed by atoms with Crippen LogP contribution in [0.15, 0.2) is 0 Å². The van der Waals surface area contributed by atoms with Gasteiger partial charge in [-0.25, -0.2) is 0 Å². The van der Waals surface area contributed by atoms with Crippen LogP contribution in [0.3, 0.4) is 0 Å². The molecule has 20 heavy (non-hydrogen) atoms. The lowest BCUT2D eigenvalue weighted by Gasteiger charge is -2.45. The molecule has 1 N–H and O–H groups in total. The van der Waals surface area contributed by atoms with E-state index in [-0.39, 0.29) is 36.6 Å². The predicted molar refractivity (Wildman–Crippen MR) is 72.9 cm³/mol. The van der Waals surface area contributed by atoms with Crippen LogP contribution in [0, 0.1) is 0 Å². The summed E-state index contributed by atoms with van der Waals surface area (Å²) in [5.41, 5.74) is 0. The molecule has 0 aromatic rings. The lowest BCUT2D eigenvalue weighted by molar-refractivity contribution is -0.147. The third-order valence-electron chi connectivity index (χ3n) is 4.07. The van der Waals surface area contributed by atoms with Gasteiger partial charge in [-0.05, 0) is 0 Å². The molecule has 7 heteroatoms. The molecular weight excluding hydrogens is 260 g/mol. The average molecular weight is 282 g/mol. The summed E-state index contributed by atoms with van der Waals surface area (Å²) in [6.07, 6.45) is 0.407. The molecule has 112 valence electrons. The quantitative estimate of drug-likeness (QED) is 0.683. The molecule has 0 spiro atoms. The van der Waals surface area contributed by atoms with Gasteiger partial charge in [0, 0.05) is 59.7 Å². The molecule has 2 heterocycles. The summed E-state index contributed by atoms with van der Waals surface area (Å²) in [4.78, 5) is 41.0. The van der Waals surface area contributed by atoms with Crippen molar-refractivity contribution in [2.45, 2.75) is 18.9 Å². The van der Waals surface area contributed by atoms with E-state index in [2.05, 4.69) is 10.2 Å². The lowest BCUT2D eigenvalue weighted by Crippen LogP contribution is -2.64. The molecule has 1 atom stereocenters. The molecule has 2 fully saturated rings. The van der Waals surface area contributed by atoms with Crippen molar-refractivity contribution in [3.63, 3.8) is 0 Å². The number of nitrogens with zero attached hydrogens (tertiary/aromatic N) is 3. The lowest BCUT2D eigenvalue weighted by atomic mass is 10.1. The Kier molecular flexibility index (Phi) is 4.59. The summed E-state index contributed by atoms with van der Waals surface area (Å²) < 4.78 is 0. The number of amides is 3. The van der Waals surface area contributed by atoms with Crippen LogP contribution in [-0.4, -0.2) is 85.3 Å². The maximum Gasteiger partial charge on any atom is 0.241 e. The summed E-state index contributed by atoms with van der Waals surface area (Å²) in [6, 6.07) is -0.216. The van der Waals surface area contributed by atoms with Gasteiger partial charge in [0.05, 0.1) is 0 Å². The first-order valence-electron chi connectivity index (χ1n) is 7.00. The number of hydrogen-bond acceptors (Lipinski definition) is 4. The second kappa shape index (κ2) is 6.21. The Hall–Kier alpha value is -1.63. The second-order valence-corrected chi connectivity index (χ2v) is 5.32. The third kappa shape index (κ3) is 3.09. The van der Waals surface area contributed by atoms with Gasteiger partial charge in [0.2, 0.25) is 17.7 Å². The Labute approximate surface area is 118 Å². The first-order chi connectivity index (χ1) is 9.52. The summed E-state index contributed by atoms with van der Waals surface area (Å²) in [7, 11) is 3.36. The number of carbonyl (C=O) groups is 3. The van der Waals surface area contributed by atoms with Crippen LogP contribution >= 0.6 is 0 Å². The monoisotopic (exact) mass is 282 g/mol. The number of likely N-dealkylation sites (N-methyl/N-ethyl adjacent to an activating group) is 1. The zero-order valence-corrected chi connectivity index (χ0v) is 12.1. The van der Waals surface area contributed by atoms with E-state index in [0.717, 1.165) is 19.6 Å². The van der Waals surface area contributed by atoms with Crippen molar-refractivity contribution >= 4 is 17.7 Å². The molecule has 2 rings (SSSR count). The zero-order chi connectivity index (χ0) is 14.7. The van der Waals surface area contributed by atoms with Gasteiger partial charge in [0.25, 0.3) is 0 Å². The molecule has 0 unspecified atom stereocenters. The predicted octanol–water partition coefficient (Wildman–Crippen LogP) is -1.50. The second-order valence-electron chi connectivity index (χ2n) is 5.32. The van der Waals surface area contributed by atoms with Gasteiger partial charge >= 0.3 is 0 Å². The molecule has 0 aliphatic carbocycles. The van der Waals surface area contributed by atoms with E-state index in [9.17, 15) is 14.4 Å². The van der Waals surface area contributed by atoms with E-state index >= 15 is 0 Å². The maximum atomic E-state index is 12.1. The Morgan fingerprint density at radius 1 is 1.20 bits per heavy atom. The van der Waals surface area contributed by atoms with E-state index in [1.54, 1.807) is 23.9 Å². The minimum absolute atomic E-state index is 0.0470. The number of hydrogen-bond donors (Lipinski definition) is 1. The topological polar surface area (TPSA) is 73.0 Å². The van der Waals surface area contributed by atoms with Crippen molar-refractivity contribution < 1.29 is 14.4 Å².